The highest BCUT2D eigenvalue weighted by molar-refractivity contribution is 7.25. The molecule has 6 heteroatoms. The van der Waals surface area contributed by atoms with E-state index in [2.05, 4.69) is 141 Å². The fourth-order valence-corrected chi connectivity index (χ4v) is 9.73. The normalized spacial score (nSPS) is 12.6. The maximum absolute atomic E-state index is 9.73. The first-order valence-corrected chi connectivity index (χ1v) is 20.8. The van der Waals surface area contributed by atoms with Crippen molar-refractivity contribution in [3.63, 3.8) is 0 Å². The minimum Gasteiger partial charge on any atom is -0.254 e. The quantitative estimate of drug-likeness (QED) is 0.168. The second-order valence-electron chi connectivity index (χ2n) is 15.8. The topological polar surface area (TPSA) is 75.3 Å². The number of hydrogen-bond donors (Lipinski definition) is 0. The molecule has 7 aromatic carbocycles. The summed E-state index contributed by atoms with van der Waals surface area (Å²) >= 11 is 1.76. The molecule has 0 atom stereocenters. The number of thiophene rings is 1. The number of benzene rings is 7. The Kier molecular flexibility index (Phi) is 8.33. The first-order valence-electron chi connectivity index (χ1n) is 20.0. The lowest BCUT2D eigenvalue weighted by molar-refractivity contribution is 0.660. The molecule has 60 heavy (non-hydrogen) atoms. The van der Waals surface area contributed by atoms with Crippen LogP contribution in [-0.4, -0.2) is 19.9 Å². The molecule has 0 N–H and O–H groups in total. The van der Waals surface area contributed by atoms with E-state index in [0.717, 1.165) is 60.3 Å². The third kappa shape index (κ3) is 6.07. The fraction of sp³-hybridized carbons (Fsp3) is 0.0556. The predicted molar refractivity (Wildman–Crippen MR) is 245 cm³/mol. The minimum atomic E-state index is -0.284. The van der Waals surface area contributed by atoms with E-state index in [4.69, 9.17) is 19.9 Å². The zero-order chi connectivity index (χ0) is 40.4. The summed E-state index contributed by atoms with van der Waals surface area (Å²) in [6, 6.07) is 61.4. The number of aromatic nitrogens is 4. The van der Waals surface area contributed by atoms with Crippen LogP contribution in [0, 0.1) is 11.3 Å². The zero-order valence-electron chi connectivity index (χ0n) is 32.9. The Morgan fingerprint density at radius 1 is 0.450 bits per heavy atom. The van der Waals surface area contributed by atoms with Gasteiger partial charge in [-0.3, -0.25) is 4.98 Å². The largest absolute Gasteiger partial charge is 0.254 e. The third-order valence-corrected chi connectivity index (χ3v) is 12.9. The van der Waals surface area contributed by atoms with Crippen molar-refractivity contribution in [2.24, 2.45) is 0 Å². The average Bonchev–Trinajstić information content (AvgIpc) is 3.79. The van der Waals surface area contributed by atoms with Crippen molar-refractivity contribution >= 4 is 31.6 Å². The van der Waals surface area contributed by atoms with Gasteiger partial charge in [0.2, 0.25) is 0 Å². The van der Waals surface area contributed by atoms with Crippen LogP contribution in [0.4, 0.5) is 0 Å². The van der Waals surface area contributed by atoms with Gasteiger partial charge < -0.3 is 0 Å². The Morgan fingerprint density at radius 3 is 1.70 bits per heavy atom. The molecule has 0 saturated heterocycles. The van der Waals surface area contributed by atoms with Gasteiger partial charge in [0.25, 0.3) is 0 Å². The number of nitriles is 1. The van der Waals surface area contributed by atoms with E-state index in [9.17, 15) is 5.26 Å². The van der Waals surface area contributed by atoms with Gasteiger partial charge >= 0.3 is 0 Å². The standard InChI is InChI=1S/C54H35N5S/c1-54(2)46-25-33(31-55)17-23-43(46)44-24-22-38(29-47(44)54)39-26-40(42-30-49-50(56-32-42)45-15-9-10-16-48(45)60-49)28-41(27-39)53-58-51(36-13-7-4-8-14-36)57-52(59-53)37-20-18-35(19-21-37)34-11-5-3-6-12-34/h3-30,32H,1-2H3. The van der Waals surface area contributed by atoms with Crippen LogP contribution >= 0.6 is 11.3 Å². The molecule has 0 bridgehead atoms. The zero-order valence-corrected chi connectivity index (χ0v) is 33.7. The Hall–Kier alpha value is -7.59. The van der Waals surface area contributed by atoms with Gasteiger partial charge in [-0.2, -0.15) is 5.26 Å². The molecule has 10 aromatic rings. The van der Waals surface area contributed by atoms with E-state index in [1.807, 2.05) is 54.7 Å². The fourth-order valence-electron chi connectivity index (χ4n) is 8.62. The first kappa shape index (κ1) is 35.6. The van der Waals surface area contributed by atoms with Crippen molar-refractivity contribution in [3.05, 3.63) is 193 Å². The lowest BCUT2D eigenvalue weighted by Gasteiger charge is -2.22. The molecule has 0 unspecified atom stereocenters. The van der Waals surface area contributed by atoms with Crippen molar-refractivity contribution in [2.45, 2.75) is 19.3 Å². The maximum Gasteiger partial charge on any atom is 0.164 e. The molecule has 0 amide bonds. The monoisotopic (exact) mass is 785 g/mol. The molecule has 11 rings (SSSR count). The molecule has 1 aliphatic carbocycles. The summed E-state index contributed by atoms with van der Waals surface area (Å²) < 4.78 is 2.36. The molecular weight excluding hydrogens is 751 g/mol. The van der Waals surface area contributed by atoms with Gasteiger partial charge in [0.15, 0.2) is 17.5 Å². The van der Waals surface area contributed by atoms with Gasteiger partial charge in [-0.25, -0.2) is 15.0 Å². The van der Waals surface area contributed by atoms with E-state index >= 15 is 0 Å². The van der Waals surface area contributed by atoms with Crippen molar-refractivity contribution < 1.29 is 0 Å². The van der Waals surface area contributed by atoms with Gasteiger partial charge in [-0.1, -0.05) is 135 Å². The summed E-state index contributed by atoms with van der Waals surface area (Å²) in [5, 5.41) is 10.9. The van der Waals surface area contributed by atoms with E-state index in [-0.39, 0.29) is 5.41 Å². The van der Waals surface area contributed by atoms with Gasteiger partial charge in [0, 0.05) is 44.0 Å². The molecule has 0 aliphatic heterocycles. The van der Waals surface area contributed by atoms with E-state index in [1.165, 1.54) is 32.3 Å². The number of hydrogen-bond acceptors (Lipinski definition) is 6. The van der Waals surface area contributed by atoms with Crippen LogP contribution in [0.15, 0.2) is 176 Å². The van der Waals surface area contributed by atoms with Crippen molar-refractivity contribution in [3.8, 4) is 84.7 Å². The predicted octanol–water partition coefficient (Wildman–Crippen LogP) is 13.8. The Labute approximate surface area is 352 Å². The van der Waals surface area contributed by atoms with Gasteiger partial charge in [0.05, 0.1) is 21.8 Å². The summed E-state index contributed by atoms with van der Waals surface area (Å²) in [5.41, 5.74) is 15.4. The smallest absolute Gasteiger partial charge is 0.164 e. The number of pyridine rings is 1. The summed E-state index contributed by atoms with van der Waals surface area (Å²) in [6.07, 6.45) is 1.99. The molecule has 3 aromatic heterocycles. The average molecular weight is 786 g/mol. The SMILES string of the molecule is CC1(C)c2cc(C#N)ccc2-c2ccc(-c3cc(-c4cnc5c(c4)sc4ccccc45)cc(-c4nc(-c5ccccc5)nc(-c5ccc(-c6ccccc6)cc5)n4)c3)cc21. The van der Waals surface area contributed by atoms with Crippen LogP contribution in [0.25, 0.3) is 99.0 Å². The summed E-state index contributed by atoms with van der Waals surface area (Å²) in [5.74, 6) is 1.80. The van der Waals surface area contributed by atoms with E-state index in [1.54, 1.807) is 11.3 Å². The van der Waals surface area contributed by atoms with Gasteiger partial charge in [-0.05, 0) is 98.6 Å². The van der Waals surface area contributed by atoms with E-state index in [0.29, 0.717) is 23.0 Å². The molecule has 282 valence electrons. The Morgan fingerprint density at radius 2 is 0.983 bits per heavy atom. The Bertz CT molecular complexity index is 3340. The second kappa shape index (κ2) is 14.1. The van der Waals surface area contributed by atoms with Gasteiger partial charge in [-0.15, -0.1) is 11.3 Å². The van der Waals surface area contributed by atoms with Crippen molar-refractivity contribution in [1.29, 1.82) is 5.26 Å². The molecule has 0 radical (unpaired) electrons. The maximum atomic E-state index is 9.73. The lowest BCUT2D eigenvalue weighted by Crippen LogP contribution is -2.15. The highest BCUT2D eigenvalue weighted by atomic mass is 32.1. The number of fused-ring (bicyclic) bond motifs is 6. The molecule has 0 saturated carbocycles. The van der Waals surface area contributed by atoms with Crippen LogP contribution in [-0.2, 0) is 5.41 Å². The minimum absolute atomic E-state index is 0.284. The second-order valence-corrected chi connectivity index (χ2v) is 16.9. The van der Waals surface area contributed by atoms with Crippen LogP contribution in [0.5, 0.6) is 0 Å². The number of nitrogens with zero attached hydrogens (tertiary/aromatic N) is 5. The van der Waals surface area contributed by atoms with Crippen LogP contribution < -0.4 is 0 Å². The highest BCUT2D eigenvalue weighted by Gasteiger charge is 2.36. The lowest BCUT2D eigenvalue weighted by atomic mass is 9.81. The summed E-state index contributed by atoms with van der Waals surface area (Å²) in [4.78, 5) is 20.5. The Balaban J connectivity index is 1.10. The van der Waals surface area contributed by atoms with Crippen molar-refractivity contribution in [2.75, 3.05) is 0 Å². The molecule has 3 heterocycles. The molecule has 0 spiro atoms. The molecule has 5 nitrogen and oxygen atoms in total. The first-order chi connectivity index (χ1) is 29.4. The summed E-state index contributed by atoms with van der Waals surface area (Å²) in [6.45, 7) is 4.50. The van der Waals surface area contributed by atoms with E-state index < -0.39 is 0 Å². The third-order valence-electron chi connectivity index (χ3n) is 11.8. The van der Waals surface area contributed by atoms with Crippen LogP contribution in [0.2, 0.25) is 0 Å². The molecular formula is C54H35N5S. The van der Waals surface area contributed by atoms with Crippen LogP contribution in [0.1, 0.15) is 30.5 Å². The van der Waals surface area contributed by atoms with Gasteiger partial charge in [0.1, 0.15) is 0 Å². The summed E-state index contributed by atoms with van der Waals surface area (Å²) in [7, 11) is 0. The highest BCUT2D eigenvalue weighted by Crippen LogP contribution is 2.50. The molecule has 0 fully saturated rings. The van der Waals surface area contributed by atoms with Crippen molar-refractivity contribution in [1.82, 2.24) is 19.9 Å². The molecule has 1 aliphatic rings. The van der Waals surface area contributed by atoms with Crippen LogP contribution in [0.3, 0.4) is 0 Å². The number of rotatable bonds is 6.